The van der Waals surface area contributed by atoms with Gasteiger partial charge in [-0.25, -0.2) is 4.79 Å². The lowest BCUT2D eigenvalue weighted by atomic mass is 10.1. The number of benzene rings is 2. The first-order valence-electron chi connectivity index (χ1n) is 7.84. The summed E-state index contributed by atoms with van der Waals surface area (Å²) in [5.74, 6) is -1.62. The quantitative estimate of drug-likeness (QED) is 0.788. The van der Waals surface area contributed by atoms with E-state index < -0.39 is 23.9 Å². The molecule has 0 radical (unpaired) electrons. The second-order valence-electron chi connectivity index (χ2n) is 5.63. The van der Waals surface area contributed by atoms with E-state index in [4.69, 9.17) is 10.5 Å². The van der Waals surface area contributed by atoms with Crippen molar-refractivity contribution in [2.75, 3.05) is 0 Å². The largest absolute Gasteiger partial charge is 0.449 e. The molecule has 0 spiro atoms. The van der Waals surface area contributed by atoms with Gasteiger partial charge in [0.25, 0.3) is 5.91 Å². The Balaban J connectivity index is 1.93. The van der Waals surface area contributed by atoms with E-state index in [1.165, 1.54) is 31.2 Å². The van der Waals surface area contributed by atoms with Gasteiger partial charge in [0.15, 0.2) is 6.10 Å². The first-order valence-corrected chi connectivity index (χ1v) is 7.84. The fraction of sp³-hybridized carbons (Fsp3) is 0.211. The number of nitrogens with one attached hydrogen (secondary N) is 1. The number of hydrogen-bond donors (Lipinski definition) is 2. The van der Waals surface area contributed by atoms with Crippen LogP contribution in [0.2, 0.25) is 0 Å². The number of carbonyl (C=O) groups is 3. The van der Waals surface area contributed by atoms with Crippen LogP contribution in [0.1, 0.15) is 46.2 Å². The molecule has 0 aromatic heterocycles. The van der Waals surface area contributed by atoms with Gasteiger partial charge >= 0.3 is 5.97 Å². The lowest BCUT2D eigenvalue weighted by molar-refractivity contribution is -0.129. The molecule has 0 bridgehead atoms. The van der Waals surface area contributed by atoms with E-state index in [2.05, 4.69) is 5.32 Å². The Morgan fingerprint density at radius 1 is 0.920 bits per heavy atom. The number of primary amides is 1. The minimum Gasteiger partial charge on any atom is -0.449 e. The highest BCUT2D eigenvalue weighted by atomic mass is 16.5. The lowest BCUT2D eigenvalue weighted by Crippen LogP contribution is -2.37. The van der Waals surface area contributed by atoms with Crippen molar-refractivity contribution in [2.45, 2.75) is 26.0 Å². The van der Waals surface area contributed by atoms with Crippen molar-refractivity contribution >= 4 is 17.8 Å². The Bertz CT molecular complexity index is 757. The third-order valence-electron chi connectivity index (χ3n) is 3.72. The molecule has 3 N–H and O–H groups in total. The zero-order chi connectivity index (χ0) is 18.4. The van der Waals surface area contributed by atoms with Gasteiger partial charge in [-0.05, 0) is 43.7 Å². The van der Waals surface area contributed by atoms with Crippen molar-refractivity contribution in [1.82, 2.24) is 5.32 Å². The van der Waals surface area contributed by atoms with Crippen molar-refractivity contribution < 1.29 is 19.1 Å². The second kappa shape index (κ2) is 8.10. The van der Waals surface area contributed by atoms with Crippen LogP contribution in [0, 0.1) is 0 Å². The van der Waals surface area contributed by atoms with E-state index in [-0.39, 0.29) is 11.6 Å². The summed E-state index contributed by atoms with van der Waals surface area (Å²) in [6, 6.07) is 15.0. The van der Waals surface area contributed by atoms with Crippen molar-refractivity contribution in [1.29, 1.82) is 0 Å². The monoisotopic (exact) mass is 340 g/mol. The summed E-state index contributed by atoms with van der Waals surface area (Å²) in [7, 11) is 0. The Labute approximate surface area is 146 Å². The van der Waals surface area contributed by atoms with E-state index in [0.29, 0.717) is 5.56 Å². The maximum Gasteiger partial charge on any atom is 0.338 e. The molecule has 0 aliphatic carbocycles. The summed E-state index contributed by atoms with van der Waals surface area (Å²) in [5, 5.41) is 2.80. The van der Waals surface area contributed by atoms with E-state index in [0.717, 1.165) is 5.56 Å². The first-order chi connectivity index (χ1) is 11.9. The first kappa shape index (κ1) is 18.2. The molecule has 0 fully saturated rings. The maximum atomic E-state index is 12.2. The van der Waals surface area contributed by atoms with Crippen LogP contribution >= 0.6 is 0 Å². The molecule has 2 amide bonds. The number of rotatable bonds is 6. The molecular formula is C19H20N2O4. The van der Waals surface area contributed by atoms with Gasteiger partial charge in [-0.1, -0.05) is 30.3 Å². The van der Waals surface area contributed by atoms with Gasteiger partial charge in [0.1, 0.15) is 0 Å². The molecule has 0 saturated heterocycles. The van der Waals surface area contributed by atoms with Gasteiger partial charge in [-0.3, -0.25) is 9.59 Å². The standard InChI is InChI=1S/C19H20N2O4/c1-12(14-6-4-3-5-7-14)21-18(23)13(2)25-19(24)16-10-8-15(9-11-16)17(20)22/h3-13H,1-2H3,(H2,20,22)(H,21,23)/t12-,13-/m0/s1. The van der Waals surface area contributed by atoms with Crippen molar-refractivity contribution in [3.05, 3.63) is 71.3 Å². The molecule has 25 heavy (non-hydrogen) atoms. The average Bonchev–Trinajstić information content (AvgIpc) is 2.62. The number of ether oxygens (including phenoxy) is 1. The SMILES string of the molecule is C[C@H](OC(=O)c1ccc(C(N)=O)cc1)C(=O)N[C@@H](C)c1ccccc1. The van der Waals surface area contributed by atoms with Crippen LogP contribution < -0.4 is 11.1 Å². The summed E-state index contributed by atoms with van der Waals surface area (Å²) in [5.41, 5.74) is 6.63. The highest BCUT2D eigenvalue weighted by molar-refractivity contribution is 5.96. The van der Waals surface area contributed by atoms with Crippen LogP contribution in [0.25, 0.3) is 0 Å². The van der Waals surface area contributed by atoms with E-state index in [1.807, 2.05) is 37.3 Å². The fourth-order valence-corrected chi connectivity index (χ4v) is 2.21. The molecular weight excluding hydrogens is 320 g/mol. The summed E-state index contributed by atoms with van der Waals surface area (Å²) in [6.07, 6.45) is -0.950. The topological polar surface area (TPSA) is 98.5 Å². The third-order valence-corrected chi connectivity index (χ3v) is 3.72. The minimum atomic E-state index is -0.950. The zero-order valence-electron chi connectivity index (χ0n) is 14.1. The molecule has 0 saturated carbocycles. The molecule has 0 heterocycles. The number of amides is 2. The number of carbonyl (C=O) groups excluding carboxylic acids is 3. The molecule has 0 unspecified atom stereocenters. The van der Waals surface area contributed by atoms with Crippen LogP contribution in [0.5, 0.6) is 0 Å². The van der Waals surface area contributed by atoms with E-state index >= 15 is 0 Å². The van der Waals surface area contributed by atoms with Crippen LogP contribution in [0.4, 0.5) is 0 Å². The van der Waals surface area contributed by atoms with E-state index in [1.54, 1.807) is 0 Å². The Hall–Kier alpha value is -3.15. The molecule has 2 rings (SSSR count). The third kappa shape index (κ3) is 4.91. The fourth-order valence-electron chi connectivity index (χ4n) is 2.21. The lowest BCUT2D eigenvalue weighted by Gasteiger charge is -2.18. The van der Waals surface area contributed by atoms with Crippen LogP contribution in [-0.4, -0.2) is 23.9 Å². The highest BCUT2D eigenvalue weighted by Crippen LogP contribution is 2.12. The summed E-state index contributed by atoms with van der Waals surface area (Å²) in [4.78, 5) is 35.3. The normalized spacial score (nSPS) is 12.7. The second-order valence-corrected chi connectivity index (χ2v) is 5.63. The van der Waals surface area contributed by atoms with Gasteiger partial charge < -0.3 is 15.8 Å². The van der Waals surface area contributed by atoms with Crippen molar-refractivity contribution in [3.63, 3.8) is 0 Å². The molecule has 6 nitrogen and oxygen atoms in total. The van der Waals surface area contributed by atoms with Crippen molar-refractivity contribution in [3.8, 4) is 0 Å². The van der Waals surface area contributed by atoms with E-state index in [9.17, 15) is 14.4 Å². The van der Waals surface area contributed by atoms with Crippen LogP contribution in [0.15, 0.2) is 54.6 Å². The average molecular weight is 340 g/mol. The van der Waals surface area contributed by atoms with Gasteiger partial charge in [0, 0.05) is 5.56 Å². The Kier molecular flexibility index (Phi) is 5.89. The molecule has 0 aliphatic rings. The number of nitrogens with two attached hydrogens (primary N) is 1. The van der Waals surface area contributed by atoms with Crippen LogP contribution in [0.3, 0.4) is 0 Å². The van der Waals surface area contributed by atoms with Gasteiger partial charge in [-0.15, -0.1) is 0 Å². The van der Waals surface area contributed by atoms with Gasteiger partial charge in [-0.2, -0.15) is 0 Å². The smallest absolute Gasteiger partial charge is 0.338 e. The Morgan fingerprint density at radius 3 is 2.04 bits per heavy atom. The maximum absolute atomic E-state index is 12.2. The molecule has 6 heteroatoms. The Morgan fingerprint density at radius 2 is 1.48 bits per heavy atom. The number of hydrogen-bond acceptors (Lipinski definition) is 4. The minimum absolute atomic E-state index is 0.204. The molecule has 2 aromatic rings. The summed E-state index contributed by atoms with van der Waals surface area (Å²) >= 11 is 0. The highest BCUT2D eigenvalue weighted by Gasteiger charge is 2.21. The molecule has 130 valence electrons. The summed E-state index contributed by atoms with van der Waals surface area (Å²) < 4.78 is 5.17. The molecule has 2 aromatic carbocycles. The van der Waals surface area contributed by atoms with Gasteiger partial charge in [0.05, 0.1) is 11.6 Å². The molecule has 2 atom stereocenters. The predicted molar refractivity (Wildman–Crippen MR) is 92.8 cm³/mol. The van der Waals surface area contributed by atoms with Crippen molar-refractivity contribution in [2.24, 2.45) is 5.73 Å². The van der Waals surface area contributed by atoms with Crippen LogP contribution in [-0.2, 0) is 9.53 Å². The predicted octanol–water partition coefficient (Wildman–Crippen LogP) is 2.21. The molecule has 0 aliphatic heterocycles. The summed E-state index contributed by atoms with van der Waals surface area (Å²) in [6.45, 7) is 3.35. The zero-order valence-corrected chi connectivity index (χ0v) is 14.1. The number of esters is 1. The van der Waals surface area contributed by atoms with Gasteiger partial charge in [0.2, 0.25) is 5.91 Å².